The largest absolute Gasteiger partial charge is 0.418 e. The van der Waals surface area contributed by atoms with Gasteiger partial charge in [-0.25, -0.2) is 4.98 Å². The number of alkyl halides is 3. The molecule has 1 amide bonds. The normalized spacial score (nSPS) is 11.4. The number of nitrogens with zero attached hydrogens (tertiary/aromatic N) is 4. The van der Waals surface area contributed by atoms with E-state index in [1.807, 2.05) is 13.0 Å². The van der Waals surface area contributed by atoms with E-state index in [0.717, 1.165) is 47.1 Å². The molecule has 9 heteroatoms. The van der Waals surface area contributed by atoms with Gasteiger partial charge in [0.2, 0.25) is 5.91 Å². The molecule has 0 aliphatic heterocycles. The Labute approximate surface area is 189 Å². The zero-order chi connectivity index (χ0) is 23.3. The number of carbonyl (C=O) groups excluding carboxylic acids is 1. The van der Waals surface area contributed by atoms with Crippen LogP contribution in [0.15, 0.2) is 48.1 Å². The fourth-order valence-corrected chi connectivity index (χ4v) is 4.19. The van der Waals surface area contributed by atoms with Crippen LogP contribution in [0.4, 0.5) is 29.7 Å². The molecule has 0 bridgehead atoms. The number of thiazole rings is 1. The minimum absolute atomic E-state index is 0.0649. The van der Waals surface area contributed by atoms with Crippen molar-refractivity contribution in [3.8, 4) is 11.3 Å². The smallest absolute Gasteiger partial charge is 0.374 e. The lowest BCUT2D eigenvalue weighted by Crippen LogP contribution is -2.25. The van der Waals surface area contributed by atoms with Gasteiger partial charge in [0.25, 0.3) is 0 Å². The van der Waals surface area contributed by atoms with Crippen molar-refractivity contribution in [1.82, 2.24) is 9.97 Å². The summed E-state index contributed by atoms with van der Waals surface area (Å²) in [6.07, 6.45) is 1.39. The molecule has 2 aromatic heterocycles. The molecular formula is C23H24F3N4OS. The maximum Gasteiger partial charge on any atom is 0.418 e. The molecule has 0 unspecified atom stereocenters. The number of aromatic nitrogens is 2. The van der Waals surface area contributed by atoms with Crippen molar-refractivity contribution in [2.45, 2.75) is 32.4 Å². The molecular weight excluding hydrogens is 437 g/mol. The number of benzene rings is 1. The molecule has 5 nitrogen and oxygen atoms in total. The first kappa shape index (κ1) is 23.7. The van der Waals surface area contributed by atoms with E-state index in [-0.39, 0.29) is 16.5 Å². The van der Waals surface area contributed by atoms with Crippen LogP contribution in [-0.4, -0.2) is 29.5 Å². The topological polar surface area (TPSA) is 49.3 Å². The van der Waals surface area contributed by atoms with Gasteiger partial charge in [-0.05, 0) is 36.8 Å². The fraction of sp³-hybridized carbons (Fsp3) is 0.304. The van der Waals surface area contributed by atoms with Crippen LogP contribution in [0.2, 0.25) is 0 Å². The molecule has 0 fully saturated rings. The summed E-state index contributed by atoms with van der Waals surface area (Å²) in [7, 11) is 1.64. The van der Waals surface area contributed by atoms with Gasteiger partial charge in [-0.15, -0.1) is 11.3 Å². The van der Waals surface area contributed by atoms with Crippen molar-refractivity contribution in [3.05, 3.63) is 60.6 Å². The molecule has 1 aromatic carbocycles. The number of rotatable bonds is 8. The highest BCUT2D eigenvalue weighted by atomic mass is 32.1. The number of halogens is 3. The summed E-state index contributed by atoms with van der Waals surface area (Å²) in [4.78, 5) is 23.5. The number of carbonyl (C=O) groups is 1. The molecule has 0 atom stereocenters. The molecule has 3 rings (SSSR count). The van der Waals surface area contributed by atoms with Crippen molar-refractivity contribution < 1.29 is 18.0 Å². The third kappa shape index (κ3) is 5.45. The summed E-state index contributed by atoms with van der Waals surface area (Å²) >= 11 is 1.15. The molecule has 0 aliphatic carbocycles. The zero-order valence-electron chi connectivity index (χ0n) is 17.9. The fourth-order valence-electron chi connectivity index (χ4n) is 3.32. The molecule has 0 saturated carbocycles. The van der Waals surface area contributed by atoms with Crippen LogP contribution in [0.3, 0.4) is 0 Å². The lowest BCUT2D eigenvalue weighted by molar-refractivity contribution is -0.137. The summed E-state index contributed by atoms with van der Waals surface area (Å²) in [6.45, 7) is 5.97. The molecule has 0 saturated heterocycles. The van der Waals surface area contributed by atoms with Crippen molar-refractivity contribution in [2.24, 2.45) is 0 Å². The maximum absolute atomic E-state index is 13.9. The van der Waals surface area contributed by atoms with E-state index in [4.69, 9.17) is 0 Å². The van der Waals surface area contributed by atoms with Gasteiger partial charge in [-0.1, -0.05) is 19.8 Å². The number of amides is 1. The highest BCUT2D eigenvalue weighted by molar-refractivity contribution is 7.14. The van der Waals surface area contributed by atoms with Gasteiger partial charge in [0, 0.05) is 49.5 Å². The van der Waals surface area contributed by atoms with E-state index >= 15 is 0 Å². The van der Waals surface area contributed by atoms with Crippen LogP contribution in [0.1, 0.15) is 31.7 Å². The van der Waals surface area contributed by atoms with Crippen molar-refractivity contribution in [3.63, 3.8) is 0 Å². The lowest BCUT2D eigenvalue weighted by Gasteiger charge is -2.26. The minimum Gasteiger partial charge on any atom is -0.374 e. The second-order valence-electron chi connectivity index (χ2n) is 7.31. The van der Waals surface area contributed by atoms with Gasteiger partial charge >= 0.3 is 6.18 Å². The van der Waals surface area contributed by atoms with Gasteiger partial charge in [-0.3, -0.25) is 14.7 Å². The monoisotopic (exact) mass is 461 g/mol. The Kier molecular flexibility index (Phi) is 7.50. The van der Waals surface area contributed by atoms with Crippen molar-refractivity contribution in [1.29, 1.82) is 0 Å². The highest BCUT2D eigenvalue weighted by Gasteiger charge is 2.35. The predicted octanol–water partition coefficient (Wildman–Crippen LogP) is 6.35. The summed E-state index contributed by atoms with van der Waals surface area (Å²) in [5, 5.41) is 1.96. The Hall–Kier alpha value is -2.94. The van der Waals surface area contributed by atoms with Gasteiger partial charge in [0.05, 0.1) is 16.9 Å². The van der Waals surface area contributed by atoms with E-state index in [2.05, 4.69) is 16.9 Å². The van der Waals surface area contributed by atoms with Gasteiger partial charge in [0.1, 0.15) is 0 Å². The SMILES string of the molecule is [CH2]C(=O)N(c1ccc(N(C)CCCCC)c(C(F)(F)F)c1)c1nc(-c2cccnc2)cs1. The lowest BCUT2D eigenvalue weighted by atomic mass is 10.1. The highest BCUT2D eigenvalue weighted by Crippen LogP contribution is 2.41. The Morgan fingerprint density at radius 1 is 1.22 bits per heavy atom. The van der Waals surface area contributed by atoms with E-state index in [0.29, 0.717) is 12.2 Å². The van der Waals surface area contributed by atoms with Gasteiger partial charge in [0.15, 0.2) is 5.13 Å². The number of unbranched alkanes of at least 4 members (excludes halogenated alkanes) is 2. The van der Waals surface area contributed by atoms with E-state index in [1.165, 1.54) is 12.1 Å². The second-order valence-corrected chi connectivity index (χ2v) is 8.15. The first-order chi connectivity index (χ1) is 15.2. The summed E-state index contributed by atoms with van der Waals surface area (Å²) in [5.41, 5.74) is 0.655. The first-order valence-electron chi connectivity index (χ1n) is 10.2. The molecule has 32 heavy (non-hydrogen) atoms. The summed E-state index contributed by atoms with van der Waals surface area (Å²) < 4.78 is 41.7. The number of pyridine rings is 1. The number of hydrogen-bond acceptors (Lipinski definition) is 5. The van der Waals surface area contributed by atoms with Crippen LogP contribution in [-0.2, 0) is 11.0 Å². The standard InChI is InChI=1S/C23H24F3N4OS/c1-4-5-6-12-29(3)21-10-9-18(13-19(21)23(24,25)26)30(16(2)31)22-28-20(15-32-22)17-8-7-11-27-14-17/h7-11,13-15H,2,4-6,12H2,1,3H3. The van der Waals surface area contributed by atoms with E-state index < -0.39 is 17.6 Å². The Morgan fingerprint density at radius 3 is 2.62 bits per heavy atom. The van der Waals surface area contributed by atoms with Crippen LogP contribution >= 0.6 is 11.3 Å². The molecule has 169 valence electrons. The maximum atomic E-state index is 13.9. The van der Waals surface area contributed by atoms with Crippen molar-refractivity contribution >= 4 is 33.8 Å². The average molecular weight is 462 g/mol. The van der Waals surface area contributed by atoms with Gasteiger partial charge in [-0.2, -0.15) is 13.2 Å². The molecule has 3 aromatic rings. The van der Waals surface area contributed by atoms with E-state index in [1.54, 1.807) is 35.8 Å². The Balaban J connectivity index is 1.99. The second kappa shape index (κ2) is 10.1. The van der Waals surface area contributed by atoms with Gasteiger partial charge < -0.3 is 4.90 Å². The first-order valence-corrected chi connectivity index (χ1v) is 11.0. The van der Waals surface area contributed by atoms with Crippen LogP contribution in [0, 0.1) is 6.92 Å². The number of anilines is 3. The molecule has 1 radical (unpaired) electrons. The molecule has 0 N–H and O–H groups in total. The Bertz CT molecular complexity index is 1050. The van der Waals surface area contributed by atoms with E-state index in [9.17, 15) is 18.0 Å². The third-order valence-corrected chi connectivity index (χ3v) is 5.77. The average Bonchev–Trinajstić information content (AvgIpc) is 3.23. The van der Waals surface area contributed by atoms with Crippen molar-refractivity contribution in [2.75, 3.05) is 23.4 Å². The predicted molar refractivity (Wildman–Crippen MR) is 122 cm³/mol. The third-order valence-electron chi connectivity index (χ3n) is 4.94. The number of hydrogen-bond donors (Lipinski definition) is 0. The quantitative estimate of drug-likeness (QED) is 0.367. The summed E-state index contributed by atoms with van der Waals surface area (Å²) in [6, 6.07) is 7.45. The Morgan fingerprint density at radius 2 is 2.00 bits per heavy atom. The van der Waals surface area contributed by atoms with Crippen LogP contribution in [0.5, 0.6) is 0 Å². The zero-order valence-corrected chi connectivity index (χ0v) is 18.7. The molecule has 0 spiro atoms. The molecule has 2 heterocycles. The summed E-state index contributed by atoms with van der Waals surface area (Å²) in [5.74, 6) is -0.672. The van der Waals surface area contributed by atoms with Crippen LogP contribution in [0.25, 0.3) is 11.3 Å². The molecule has 0 aliphatic rings. The minimum atomic E-state index is -4.58. The van der Waals surface area contributed by atoms with Crippen LogP contribution < -0.4 is 9.80 Å².